The Kier molecular flexibility index (Phi) is 11.9. The lowest BCUT2D eigenvalue weighted by molar-refractivity contribution is -0.135. The molecule has 7 heterocycles. The van der Waals surface area contributed by atoms with Crippen LogP contribution in [0, 0.1) is 28.4 Å². The number of amides is 2. The molecule has 72 heavy (non-hydrogen) atoms. The Labute approximate surface area is 417 Å². The van der Waals surface area contributed by atoms with E-state index in [2.05, 4.69) is 44.1 Å². The van der Waals surface area contributed by atoms with E-state index in [-0.39, 0.29) is 52.2 Å². The number of hydrogen-bond acceptors (Lipinski definition) is 11. The molecule has 2 N–H and O–H groups in total. The highest BCUT2D eigenvalue weighted by molar-refractivity contribution is 6.02. The Morgan fingerprint density at radius 2 is 1.69 bits per heavy atom. The van der Waals surface area contributed by atoms with Crippen molar-refractivity contribution in [3.05, 3.63) is 81.9 Å². The number of rotatable bonds is 11. The van der Waals surface area contributed by atoms with Crippen LogP contribution < -0.4 is 20.6 Å². The number of phenolic OH excluding ortho intramolecular Hbond substituents is 1. The number of benzene rings is 3. The molecule has 378 valence electrons. The summed E-state index contributed by atoms with van der Waals surface area (Å²) in [6.45, 7) is 11.3. The number of pyridine rings is 1. The van der Waals surface area contributed by atoms with Crippen molar-refractivity contribution in [2.75, 3.05) is 57.3 Å². The van der Waals surface area contributed by atoms with E-state index in [4.69, 9.17) is 14.7 Å². The Bertz CT molecular complexity index is 3200. The second-order valence-electron chi connectivity index (χ2n) is 22.5. The monoisotopic (exact) mass is 982 g/mol. The molecule has 6 aromatic rings. The number of imide groups is 1. The first-order chi connectivity index (χ1) is 34.8. The molecule has 16 heteroatoms. The third kappa shape index (κ3) is 8.39. The molecule has 0 radical (unpaired) electrons. The molecule has 6 aliphatic rings. The van der Waals surface area contributed by atoms with Crippen molar-refractivity contribution in [3.8, 4) is 23.0 Å². The van der Waals surface area contributed by atoms with Gasteiger partial charge in [-0.1, -0.05) is 26.0 Å². The first-order valence-corrected chi connectivity index (χ1v) is 26.5. The lowest BCUT2D eigenvalue weighted by atomic mass is 9.59. The van der Waals surface area contributed by atoms with E-state index in [1.54, 1.807) is 34.5 Å². The summed E-state index contributed by atoms with van der Waals surface area (Å²) in [7, 11) is 1.76. The lowest BCUT2D eigenvalue weighted by Crippen LogP contribution is -2.56. The van der Waals surface area contributed by atoms with Crippen LogP contribution >= 0.6 is 0 Å². The number of aromatic nitrogens is 5. The van der Waals surface area contributed by atoms with E-state index >= 15 is 8.78 Å². The maximum atomic E-state index is 17.1. The van der Waals surface area contributed by atoms with Crippen molar-refractivity contribution in [1.82, 2.24) is 39.2 Å². The number of halogens is 2. The number of carbonyl (C=O) groups is 2. The fraction of sp³-hybridized carbons (Fsp3) is 0.536. The molecule has 4 saturated heterocycles. The first kappa shape index (κ1) is 47.0. The summed E-state index contributed by atoms with van der Waals surface area (Å²) in [4.78, 5) is 59.7. The number of carbonyl (C=O) groups excluding carboxylic acids is 2. The van der Waals surface area contributed by atoms with Gasteiger partial charge in [-0.15, -0.1) is 0 Å². The molecular formula is C56H65F2N9O5. The van der Waals surface area contributed by atoms with Gasteiger partial charge in [0, 0.05) is 56.3 Å². The Morgan fingerprint density at radius 1 is 0.903 bits per heavy atom. The molecule has 0 bridgehead atoms. The zero-order chi connectivity index (χ0) is 49.6. The molecule has 2 saturated carbocycles. The average Bonchev–Trinajstić information content (AvgIpc) is 4.09. The van der Waals surface area contributed by atoms with Gasteiger partial charge in [0.15, 0.2) is 5.82 Å². The first-order valence-electron chi connectivity index (χ1n) is 26.5. The highest BCUT2D eigenvalue weighted by Gasteiger charge is 2.51. The number of phenols is 1. The van der Waals surface area contributed by atoms with E-state index in [0.717, 1.165) is 95.4 Å². The van der Waals surface area contributed by atoms with E-state index in [0.29, 0.717) is 75.8 Å². The molecule has 14 nitrogen and oxygen atoms in total. The number of aromatic hydroxyl groups is 1. The van der Waals surface area contributed by atoms with Crippen LogP contribution in [0.15, 0.2) is 53.5 Å². The average molecular weight is 982 g/mol. The molecule has 3 aromatic carbocycles. The number of imidazole rings is 1. The molecule has 1 unspecified atom stereocenters. The predicted octanol–water partition coefficient (Wildman–Crippen LogP) is 8.54. The number of fused-ring (bicyclic) bond motifs is 3. The van der Waals surface area contributed by atoms with Crippen LogP contribution in [0.4, 0.5) is 14.6 Å². The maximum Gasteiger partial charge on any atom is 0.329 e. The topological polar surface area (TPSA) is 151 Å². The highest BCUT2D eigenvalue weighted by Crippen LogP contribution is 2.53. The van der Waals surface area contributed by atoms with Gasteiger partial charge in [0.05, 0.1) is 23.0 Å². The van der Waals surface area contributed by atoms with E-state index in [9.17, 15) is 19.5 Å². The minimum atomic E-state index is -0.684. The zero-order valence-electron chi connectivity index (χ0n) is 41.7. The van der Waals surface area contributed by atoms with Crippen molar-refractivity contribution in [3.63, 3.8) is 0 Å². The maximum absolute atomic E-state index is 17.1. The summed E-state index contributed by atoms with van der Waals surface area (Å²) >= 11 is 0. The van der Waals surface area contributed by atoms with Gasteiger partial charge in [-0.25, -0.2) is 13.6 Å². The predicted molar refractivity (Wildman–Crippen MR) is 272 cm³/mol. The van der Waals surface area contributed by atoms with E-state index in [1.807, 2.05) is 13.0 Å². The number of piperidine rings is 4. The van der Waals surface area contributed by atoms with Gasteiger partial charge in [0.25, 0.3) is 0 Å². The summed E-state index contributed by atoms with van der Waals surface area (Å²) in [5.41, 5.74) is 3.82. The number of aryl methyl sites for hydroxylation is 2. The summed E-state index contributed by atoms with van der Waals surface area (Å²) < 4.78 is 42.1. The molecular weight excluding hydrogens is 917 g/mol. The number of ether oxygens (including phenoxy) is 1. The van der Waals surface area contributed by atoms with Crippen molar-refractivity contribution in [2.45, 2.75) is 115 Å². The van der Waals surface area contributed by atoms with Crippen LogP contribution in [-0.4, -0.2) is 109 Å². The van der Waals surface area contributed by atoms with E-state index < -0.39 is 17.8 Å². The summed E-state index contributed by atoms with van der Waals surface area (Å²) in [6.07, 6.45) is 13.8. The number of likely N-dealkylation sites (tertiary alicyclic amines) is 2. The van der Waals surface area contributed by atoms with Gasteiger partial charge >= 0.3 is 11.7 Å². The molecule has 1 spiro atoms. The number of hydrogen-bond donors (Lipinski definition) is 2. The summed E-state index contributed by atoms with van der Waals surface area (Å²) in [6, 6.07) is 12.4. The van der Waals surface area contributed by atoms with Gasteiger partial charge < -0.3 is 24.5 Å². The largest absolute Gasteiger partial charge is 0.508 e. The molecule has 2 aliphatic carbocycles. The molecule has 2 amide bonds. The van der Waals surface area contributed by atoms with Crippen LogP contribution in [0.25, 0.3) is 44.0 Å². The van der Waals surface area contributed by atoms with Gasteiger partial charge in [0.2, 0.25) is 11.8 Å². The number of anilines is 1. The van der Waals surface area contributed by atoms with Gasteiger partial charge in [-0.3, -0.25) is 29.0 Å². The smallest absolute Gasteiger partial charge is 0.329 e. The lowest BCUT2D eigenvalue weighted by Gasteiger charge is -2.56. The van der Waals surface area contributed by atoms with Crippen molar-refractivity contribution < 1.29 is 28.2 Å². The van der Waals surface area contributed by atoms with Crippen LogP contribution in [-0.2, 0) is 23.1 Å². The minimum Gasteiger partial charge on any atom is -0.508 e. The molecule has 6 fully saturated rings. The normalized spacial score (nSPS) is 23.0. The van der Waals surface area contributed by atoms with Crippen molar-refractivity contribution >= 4 is 50.3 Å². The second kappa shape index (κ2) is 18.2. The molecule has 4 aliphatic heterocycles. The van der Waals surface area contributed by atoms with E-state index in [1.165, 1.54) is 43.4 Å². The van der Waals surface area contributed by atoms with Gasteiger partial charge in [0.1, 0.15) is 34.6 Å². The Morgan fingerprint density at radius 3 is 2.43 bits per heavy atom. The van der Waals surface area contributed by atoms with Crippen molar-refractivity contribution in [2.24, 2.45) is 23.8 Å². The number of nitrogens with one attached hydrogen (secondary N) is 1. The molecule has 12 rings (SSSR count). The van der Waals surface area contributed by atoms with Crippen LogP contribution in [0.3, 0.4) is 0 Å². The zero-order valence-corrected chi connectivity index (χ0v) is 41.7. The Balaban J connectivity index is 0.682. The van der Waals surface area contributed by atoms with Crippen LogP contribution in [0.1, 0.15) is 114 Å². The SMILES string of the molecule is CCc1c(F)ccc2cc(O)cc(-c3ncc4c(N5CCC[C@H](C)C5)nc(OCC5(CN6CCC7(CC6)CC(N6CCC(c8ccc9c(c8)n(C)c(=O)n9C8CCC(=O)NC8=O)CC6)C7)CC5)nc4c3F)c12. The second-order valence-corrected chi connectivity index (χ2v) is 22.5. The summed E-state index contributed by atoms with van der Waals surface area (Å²) in [5.74, 6) is -0.333. The quantitative estimate of drug-likeness (QED) is 0.120. The fourth-order valence-electron chi connectivity index (χ4n) is 13.4. The summed E-state index contributed by atoms with van der Waals surface area (Å²) in [5, 5.41) is 14.8. The third-order valence-corrected chi connectivity index (χ3v) is 17.8. The Hall–Kier alpha value is -6.00. The van der Waals surface area contributed by atoms with Gasteiger partial charge in [-0.2, -0.15) is 9.97 Å². The minimum absolute atomic E-state index is 0.00126. The van der Waals surface area contributed by atoms with Crippen LogP contribution in [0.2, 0.25) is 0 Å². The van der Waals surface area contributed by atoms with Crippen molar-refractivity contribution in [1.29, 1.82) is 0 Å². The number of nitrogens with zero attached hydrogens (tertiary/aromatic N) is 8. The standard InChI is InChI=1S/C56H65F2N9O5/c1-4-39-42(57)9-7-36-24-38(68)26-40(47(36)39)49-48(58)50-41(29-59-49)51(66-19-5-6-33(2)30-66)62-53(61-50)72-32-56(15-16-56)31-64-22-17-55(18-23-64)27-37(28-55)65-20-13-34(14-21-65)35-8-10-43-45(25-35)63(3)54(71)67(43)44-11-12-46(69)60-52(44)70/h7-10,24-26,29,33-34,37,44,68H,4-6,11-23,27-28,30-32H2,1-3H3,(H,60,69,70)/t33-,44?/m0/s1. The third-order valence-electron chi connectivity index (χ3n) is 17.8. The fourth-order valence-corrected chi connectivity index (χ4v) is 13.4. The van der Waals surface area contributed by atoms with Gasteiger partial charge in [-0.05, 0) is 173 Å². The molecule has 2 atom stereocenters. The highest BCUT2D eigenvalue weighted by atomic mass is 19.1. The molecule has 3 aromatic heterocycles. The van der Waals surface area contributed by atoms with Crippen LogP contribution in [0.5, 0.6) is 11.8 Å².